The van der Waals surface area contributed by atoms with Crippen LogP contribution in [-0.2, 0) is 17.8 Å². The summed E-state index contributed by atoms with van der Waals surface area (Å²) in [6, 6.07) is 16.9. The Morgan fingerprint density at radius 1 is 1.10 bits per heavy atom. The SMILES string of the molecule is CC(O)CCC(=O)NCCc1nc2ccccc2n1Cc1ccc(C(C)C)cc1. The highest BCUT2D eigenvalue weighted by atomic mass is 16.3. The monoisotopic (exact) mass is 393 g/mol. The number of nitrogens with one attached hydrogen (secondary N) is 1. The number of carbonyl (C=O) groups excluding carboxylic acids is 1. The van der Waals surface area contributed by atoms with E-state index < -0.39 is 6.10 Å². The number of para-hydroxylation sites is 2. The number of carbonyl (C=O) groups is 1. The summed E-state index contributed by atoms with van der Waals surface area (Å²) in [5.41, 5.74) is 4.65. The summed E-state index contributed by atoms with van der Waals surface area (Å²) >= 11 is 0. The van der Waals surface area contributed by atoms with Crippen molar-refractivity contribution in [3.63, 3.8) is 0 Å². The van der Waals surface area contributed by atoms with Crippen LogP contribution in [0, 0.1) is 0 Å². The molecule has 0 bridgehead atoms. The minimum Gasteiger partial charge on any atom is -0.393 e. The van der Waals surface area contributed by atoms with Crippen LogP contribution in [-0.4, -0.2) is 33.2 Å². The average molecular weight is 394 g/mol. The van der Waals surface area contributed by atoms with Gasteiger partial charge in [-0.1, -0.05) is 50.2 Å². The molecule has 0 saturated heterocycles. The number of benzene rings is 2. The van der Waals surface area contributed by atoms with Gasteiger partial charge in [-0.15, -0.1) is 0 Å². The van der Waals surface area contributed by atoms with Gasteiger partial charge in [0.15, 0.2) is 0 Å². The fourth-order valence-corrected chi connectivity index (χ4v) is 3.43. The van der Waals surface area contributed by atoms with E-state index >= 15 is 0 Å². The van der Waals surface area contributed by atoms with E-state index in [9.17, 15) is 9.90 Å². The van der Waals surface area contributed by atoms with Crippen molar-refractivity contribution in [2.24, 2.45) is 0 Å². The highest BCUT2D eigenvalue weighted by Crippen LogP contribution is 2.20. The number of hydrogen-bond acceptors (Lipinski definition) is 3. The molecule has 0 saturated carbocycles. The molecule has 2 N–H and O–H groups in total. The van der Waals surface area contributed by atoms with Gasteiger partial charge in [-0.05, 0) is 42.5 Å². The number of rotatable bonds is 9. The molecule has 5 heteroatoms. The molecule has 3 aromatic rings. The lowest BCUT2D eigenvalue weighted by molar-refractivity contribution is -0.121. The van der Waals surface area contributed by atoms with Crippen LogP contribution < -0.4 is 5.32 Å². The van der Waals surface area contributed by atoms with Crippen molar-refractivity contribution >= 4 is 16.9 Å². The van der Waals surface area contributed by atoms with Crippen LogP contribution in [0.3, 0.4) is 0 Å². The summed E-state index contributed by atoms with van der Waals surface area (Å²) in [4.78, 5) is 16.7. The quantitative estimate of drug-likeness (QED) is 0.577. The van der Waals surface area contributed by atoms with E-state index in [-0.39, 0.29) is 5.91 Å². The molecule has 1 aromatic heterocycles. The molecule has 1 atom stereocenters. The van der Waals surface area contributed by atoms with E-state index in [2.05, 4.69) is 54.1 Å². The lowest BCUT2D eigenvalue weighted by Gasteiger charge is -2.12. The highest BCUT2D eigenvalue weighted by molar-refractivity contribution is 5.76. The Morgan fingerprint density at radius 2 is 1.83 bits per heavy atom. The van der Waals surface area contributed by atoms with Crippen LogP contribution in [0.4, 0.5) is 0 Å². The van der Waals surface area contributed by atoms with Crippen molar-refractivity contribution in [2.45, 2.75) is 58.6 Å². The van der Waals surface area contributed by atoms with Crippen molar-refractivity contribution in [2.75, 3.05) is 6.54 Å². The summed E-state index contributed by atoms with van der Waals surface area (Å²) in [5, 5.41) is 12.3. The molecular formula is C24H31N3O2. The maximum atomic E-state index is 11.9. The van der Waals surface area contributed by atoms with Crippen LogP contribution in [0.1, 0.15) is 56.5 Å². The standard InChI is InChI=1S/C24H31N3O2/c1-17(2)20-11-9-19(10-12-20)16-27-22-7-5-4-6-21(22)26-23(27)14-15-25-24(29)13-8-18(3)28/h4-7,9-12,17-18,28H,8,13-16H2,1-3H3,(H,25,29). The Morgan fingerprint density at radius 3 is 2.52 bits per heavy atom. The molecule has 0 aliphatic rings. The minimum atomic E-state index is -0.452. The molecule has 0 aliphatic heterocycles. The van der Waals surface area contributed by atoms with Crippen molar-refractivity contribution in [1.29, 1.82) is 0 Å². The maximum Gasteiger partial charge on any atom is 0.220 e. The Kier molecular flexibility index (Phi) is 7.04. The Bertz CT molecular complexity index is 942. The zero-order valence-electron chi connectivity index (χ0n) is 17.6. The van der Waals surface area contributed by atoms with Gasteiger partial charge in [0.25, 0.3) is 0 Å². The smallest absolute Gasteiger partial charge is 0.220 e. The second-order valence-corrected chi connectivity index (χ2v) is 7.99. The second-order valence-electron chi connectivity index (χ2n) is 7.99. The topological polar surface area (TPSA) is 67.2 Å². The fraction of sp³-hybridized carbons (Fsp3) is 0.417. The number of nitrogens with zero attached hydrogens (tertiary/aromatic N) is 2. The van der Waals surface area contributed by atoms with Crippen LogP contribution in [0.25, 0.3) is 11.0 Å². The average Bonchev–Trinajstić information content (AvgIpc) is 3.04. The maximum absolute atomic E-state index is 11.9. The third-order valence-corrected chi connectivity index (χ3v) is 5.18. The van der Waals surface area contributed by atoms with Crippen LogP contribution >= 0.6 is 0 Å². The molecule has 0 aliphatic carbocycles. The molecule has 1 heterocycles. The van der Waals surface area contributed by atoms with Crippen molar-refractivity contribution in [3.05, 3.63) is 65.5 Å². The molecule has 1 amide bonds. The van der Waals surface area contributed by atoms with Gasteiger partial charge in [-0.25, -0.2) is 4.98 Å². The van der Waals surface area contributed by atoms with Gasteiger partial charge < -0.3 is 15.0 Å². The molecule has 2 aromatic carbocycles. The normalized spacial score (nSPS) is 12.4. The fourth-order valence-electron chi connectivity index (χ4n) is 3.43. The van der Waals surface area contributed by atoms with E-state index in [1.807, 2.05) is 18.2 Å². The molecule has 0 radical (unpaired) electrons. The van der Waals surface area contributed by atoms with E-state index in [1.54, 1.807) is 6.92 Å². The van der Waals surface area contributed by atoms with E-state index in [0.717, 1.165) is 23.4 Å². The van der Waals surface area contributed by atoms with Crippen LogP contribution in [0.15, 0.2) is 48.5 Å². The Balaban J connectivity index is 1.73. The largest absolute Gasteiger partial charge is 0.393 e. The first-order chi connectivity index (χ1) is 13.9. The molecule has 5 nitrogen and oxygen atoms in total. The van der Waals surface area contributed by atoms with Gasteiger partial charge in [-0.3, -0.25) is 4.79 Å². The van der Waals surface area contributed by atoms with Gasteiger partial charge in [-0.2, -0.15) is 0 Å². The molecule has 3 rings (SSSR count). The number of aliphatic hydroxyl groups is 1. The lowest BCUT2D eigenvalue weighted by Crippen LogP contribution is -2.27. The van der Waals surface area contributed by atoms with Gasteiger partial charge >= 0.3 is 0 Å². The van der Waals surface area contributed by atoms with Gasteiger partial charge in [0, 0.05) is 25.9 Å². The van der Waals surface area contributed by atoms with E-state index in [0.29, 0.717) is 31.7 Å². The first-order valence-corrected chi connectivity index (χ1v) is 10.4. The van der Waals surface area contributed by atoms with Gasteiger partial charge in [0.2, 0.25) is 5.91 Å². The summed E-state index contributed by atoms with van der Waals surface area (Å²) < 4.78 is 2.24. The molecule has 0 spiro atoms. The number of fused-ring (bicyclic) bond motifs is 1. The predicted molar refractivity (Wildman–Crippen MR) is 117 cm³/mol. The van der Waals surface area contributed by atoms with E-state index in [4.69, 9.17) is 4.98 Å². The molecule has 0 fully saturated rings. The number of hydrogen-bond donors (Lipinski definition) is 2. The molecular weight excluding hydrogens is 362 g/mol. The Labute approximate surface area is 172 Å². The first-order valence-electron chi connectivity index (χ1n) is 10.4. The van der Waals surface area contributed by atoms with Crippen LogP contribution in [0.2, 0.25) is 0 Å². The molecule has 154 valence electrons. The molecule has 29 heavy (non-hydrogen) atoms. The number of aliphatic hydroxyl groups excluding tert-OH is 1. The minimum absolute atomic E-state index is 0.0298. The lowest BCUT2D eigenvalue weighted by atomic mass is 10.0. The zero-order valence-corrected chi connectivity index (χ0v) is 17.6. The van der Waals surface area contributed by atoms with E-state index in [1.165, 1.54) is 11.1 Å². The molecule has 1 unspecified atom stereocenters. The van der Waals surface area contributed by atoms with Gasteiger partial charge in [0.05, 0.1) is 17.1 Å². The van der Waals surface area contributed by atoms with Crippen molar-refractivity contribution < 1.29 is 9.90 Å². The number of aromatic nitrogens is 2. The summed E-state index contributed by atoms with van der Waals surface area (Å²) in [7, 11) is 0. The first kappa shape index (κ1) is 21.1. The predicted octanol–water partition coefficient (Wildman–Crippen LogP) is 4.03. The van der Waals surface area contributed by atoms with Crippen molar-refractivity contribution in [1.82, 2.24) is 14.9 Å². The summed E-state index contributed by atoms with van der Waals surface area (Å²) in [6.45, 7) is 7.39. The number of imidazole rings is 1. The summed E-state index contributed by atoms with van der Waals surface area (Å²) in [5.74, 6) is 1.46. The number of amides is 1. The second kappa shape index (κ2) is 9.70. The highest BCUT2D eigenvalue weighted by Gasteiger charge is 2.12. The Hall–Kier alpha value is -2.66. The zero-order chi connectivity index (χ0) is 20.8. The van der Waals surface area contributed by atoms with Crippen molar-refractivity contribution in [3.8, 4) is 0 Å². The summed E-state index contributed by atoms with van der Waals surface area (Å²) in [6.07, 6.45) is 1.04. The third kappa shape index (κ3) is 5.67. The van der Waals surface area contributed by atoms with Crippen LogP contribution in [0.5, 0.6) is 0 Å². The third-order valence-electron chi connectivity index (χ3n) is 5.18. The van der Waals surface area contributed by atoms with Gasteiger partial charge in [0.1, 0.15) is 5.82 Å².